The topological polar surface area (TPSA) is 52.3 Å². The van der Waals surface area contributed by atoms with Crippen LogP contribution in [0.1, 0.15) is 12.8 Å². The van der Waals surface area contributed by atoms with Crippen LogP contribution >= 0.6 is 0 Å². The van der Waals surface area contributed by atoms with Crippen molar-refractivity contribution in [3.8, 4) is 0 Å². The quantitative estimate of drug-likeness (QED) is 0.451. The third-order valence-electron chi connectivity index (χ3n) is 1.53. The molecule has 0 bridgehead atoms. The van der Waals surface area contributed by atoms with Gasteiger partial charge in [-0.05, 0) is 12.8 Å². The molecule has 0 spiro atoms. The summed E-state index contributed by atoms with van der Waals surface area (Å²) in [6, 6.07) is 0. The van der Waals surface area contributed by atoms with E-state index in [2.05, 4.69) is 6.58 Å². The molecule has 0 atom stereocenters. The maximum absolute atomic E-state index is 10.9. The number of hydrogen-bond acceptors (Lipinski definition) is 3. The molecular weight excluding hydrogens is 130 g/mol. The van der Waals surface area contributed by atoms with Crippen LogP contribution in [0.4, 0.5) is 0 Å². The van der Waals surface area contributed by atoms with Crippen molar-refractivity contribution in [2.45, 2.75) is 18.4 Å². The maximum atomic E-state index is 10.9. The van der Waals surface area contributed by atoms with E-state index in [0.717, 1.165) is 12.8 Å². The first-order valence-electron chi connectivity index (χ1n) is 3.26. The zero-order valence-electron chi connectivity index (χ0n) is 5.80. The smallest absolute Gasteiger partial charge is 0.326 e. The van der Waals surface area contributed by atoms with Gasteiger partial charge < -0.3 is 10.5 Å². The van der Waals surface area contributed by atoms with Gasteiger partial charge in [-0.2, -0.15) is 0 Å². The third kappa shape index (κ3) is 1.36. The van der Waals surface area contributed by atoms with Crippen molar-refractivity contribution in [2.75, 3.05) is 6.61 Å². The average Bonchev–Trinajstić information content (AvgIpc) is 2.64. The molecule has 3 heteroatoms. The fraction of sp³-hybridized carbons (Fsp3) is 0.571. The molecule has 3 nitrogen and oxygen atoms in total. The average molecular weight is 141 g/mol. The van der Waals surface area contributed by atoms with Crippen LogP contribution in [-0.4, -0.2) is 18.1 Å². The summed E-state index contributed by atoms with van der Waals surface area (Å²) in [5.74, 6) is -0.299. The van der Waals surface area contributed by atoms with Crippen molar-refractivity contribution in [1.82, 2.24) is 0 Å². The molecule has 2 N–H and O–H groups in total. The molecule has 1 saturated carbocycles. The van der Waals surface area contributed by atoms with Crippen molar-refractivity contribution in [3.63, 3.8) is 0 Å². The van der Waals surface area contributed by atoms with Gasteiger partial charge in [-0.3, -0.25) is 4.79 Å². The Labute approximate surface area is 59.8 Å². The van der Waals surface area contributed by atoms with Gasteiger partial charge in [0, 0.05) is 0 Å². The van der Waals surface area contributed by atoms with Gasteiger partial charge in [0.05, 0.1) is 0 Å². The molecular formula is C7H11NO2. The number of rotatable bonds is 3. The number of carbonyl (C=O) groups is 1. The Balaban J connectivity index is 2.28. The van der Waals surface area contributed by atoms with Crippen LogP contribution < -0.4 is 5.73 Å². The molecule has 1 rings (SSSR count). The lowest BCUT2D eigenvalue weighted by Crippen LogP contribution is -2.34. The SMILES string of the molecule is C=CCOC(=O)C1(N)CC1. The van der Waals surface area contributed by atoms with Gasteiger partial charge in [-0.15, -0.1) is 0 Å². The maximum Gasteiger partial charge on any atom is 0.326 e. The molecule has 1 fully saturated rings. The lowest BCUT2D eigenvalue weighted by Gasteiger charge is -2.05. The Bertz CT molecular complexity index is 161. The van der Waals surface area contributed by atoms with E-state index in [1.807, 2.05) is 0 Å². The Morgan fingerprint density at radius 3 is 2.80 bits per heavy atom. The molecule has 0 aromatic carbocycles. The summed E-state index contributed by atoms with van der Waals surface area (Å²) < 4.78 is 4.74. The van der Waals surface area contributed by atoms with E-state index in [1.54, 1.807) is 0 Å². The number of ether oxygens (including phenoxy) is 1. The fourth-order valence-corrected chi connectivity index (χ4v) is 0.617. The van der Waals surface area contributed by atoms with Crippen LogP contribution in [0.15, 0.2) is 12.7 Å². The Morgan fingerprint density at radius 1 is 1.80 bits per heavy atom. The Morgan fingerprint density at radius 2 is 2.40 bits per heavy atom. The normalized spacial score (nSPS) is 19.7. The predicted octanol–water partition coefficient (Wildman–Crippen LogP) is 0.207. The third-order valence-corrected chi connectivity index (χ3v) is 1.53. The zero-order valence-corrected chi connectivity index (χ0v) is 5.80. The summed E-state index contributed by atoms with van der Waals surface area (Å²) in [6.07, 6.45) is 3.04. The summed E-state index contributed by atoms with van der Waals surface area (Å²) in [7, 11) is 0. The first-order chi connectivity index (χ1) is 4.69. The van der Waals surface area contributed by atoms with Crippen LogP contribution in [0.3, 0.4) is 0 Å². The second kappa shape index (κ2) is 2.42. The van der Waals surface area contributed by atoms with Gasteiger partial charge in [0.25, 0.3) is 0 Å². The first-order valence-corrected chi connectivity index (χ1v) is 3.26. The van der Waals surface area contributed by atoms with Crippen LogP contribution in [0.2, 0.25) is 0 Å². The summed E-state index contributed by atoms with van der Waals surface area (Å²) in [5, 5.41) is 0. The van der Waals surface area contributed by atoms with E-state index in [9.17, 15) is 4.79 Å². The van der Waals surface area contributed by atoms with E-state index in [0.29, 0.717) is 0 Å². The highest BCUT2D eigenvalue weighted by atomic mass is 16.5. The highest BCUT2D eigenvalue weighted by molar-refractivity contribution is 5.83. The molecule has 0 heterocycles. The number of hydrogen-bond donors (Lipinski definition) is 1. The fourth-order valence-electron chi connectivity index (χ4n) is 0.617. The molecule has 10 heavy (non-hydrogen) atoms. The first kappa shape index (κ1) is 7.28. The molecule has 56 valence electrons. The summed E-state index contributed by atoms with van der Waals surface area (Å²) >= 11 is 0. The molecule has 0 saturated heterocycles. The minimum Gasteiger partial charge on any atom is -0.460 e. The van der Waals surface area contributed by atoms with E-state index in [4.69, 9.17) is 10.5 Å². The molecule has 0 unspecified atom stereocenters. The monoisotopic (exact) mass is 141 g/mol. The van der Waals surface area contributed by atoms with E-state index >= 15 is 0 Å². The van der Waals surface area contributed by atoms with Crippen LogP contribution in [-0.2, 0) is 9.53 Å². The van der Waals surface area contributed by atoms with Crippen molar-refractivity contribution in [2.24, 2.45) is 5.73 Å². The van der Waals surface area contributed by atoms with Gasteiger partial charge in [-0.1, -0.05) is 12.7 Å². The summed E-state index contributed by atoms with van der Waals surface area (Å²) in [4.78, 5) is 10.9. The van der Waals surface area contributed by atoms with Crippen molar-refractivity contribution in [1.29, 1.82) is 0 Å². The minimum absolute atomic E-state index is 0.262. The summed E-state index contributed by atoms with van der Waals surface area (Å²) in [6.45, 7) is 3.68. The predicted molar refractivity (Wildman–Crippen MR) is 37.3 cm³/mol. The molecule has 0 amide bonds. The minimum atomic E-state index is -0.650. The summed E-state index contributed by atoms with van der Waals surface area (Å²) in [5.41, 5.74) is 4.87. The molecule has 0 aliphatic heterocycles. The highest BCUT2D eigenvalue weighted by Gasteiger charge is 2.47. The Hall–Kier alpha value is -0.830. The standard InChI is InChI=1S/C7H11NO2/c1-2-5-10-6(9)7(8)3-4-7/h2H,1,3-5,8H2. The molecule has 0 aromatic heterocycles. The number of esters is 1. The van der Waals surface area contributed by atoms with Gasteiger partial charge in [0.1, 0.15) is 12.1 Å². The van der Waals surface area contributed by atoms with Gasteiger partial charge in [-0.25, -0.2) is 0 Å². The van der Waals surface area contributed by atoms with Crippen molar-refractivity contribution < 1.29 is 9.53 Å². The van der Waals surface area contributed by atoms with E-state index in [-0.39, 0.29) is 12.6 Å². The Kier molecular flexibility index (Phi) is 1.76. The lowest BCUT2D eigenvalue weighted by atomic mass is 10.3. The second-order valence-electron chi connectivity index (χ2n) is 2.54. The zero-order chi connectivity index (χ0) is 7.61. The van der Waals surface area contributed by atoms with E-state index < -0.39 is 5.54 Å². The second-order valence-corrected chi connectivity index (χ2v) is 2.54. The lowest BCUT2D eigenvalue weighted by molar-refractivity contribution is -0.145. The van der Waals surface area contributed by atoms with Crippen LogP contribution in [0.25, 0.3) is 0 Å². The largest absolute Gasteiger partial charge is 0.460 e. The molecule has 0 radical (unpaired) electrons. The van der Waals surface area contributed by atoms with Crippen molar-refractivity contribution >= 4 is 5.97 Å². The number of nitrogens with two attached hydrogens (primary N) is 1. The molecule has 1 aliphatic rings. The van der Waals surface area contributed by atoms with Crippen LogP contribution in [0, 0.1) is 0 Å². The van der Waals surface area contributed by atoms with Crippen molar-refractivity contribution in [3.05, 3.63) is 12.7 Å². The molecule has 0 aromatic rings. The van der Waals surface area contributed by atoms with Gasteiger partial charge in [0.15, 0.2) is 0 Å². The van der Waals surface area contributed by atoms with Gasteiger partial charge >= 0.3 is 5.97 Å². The van der Waals surface area contributed by atoms with E-state index in [1.165, 1.54) is 6.08 Å². The number of carbonyl (C=O) groups excluding carboxylic acids is 1. The van der Waals surface area contributed by atoms with Crippen LogP contribution in [0.5, 0.6) is 0 Å². The van der Waals surface area contributed by atoms with Gasteiger partial charge in [0.2, 0.25) is 0 Å². The molecule has 1 aliphatic carbocycles. The highest BCUT2D eigenvalue weighted by Crippen LogP contribution is 2.33.